The highest BCUT2D eigenvalue weighted by Crippen LogP contribution is 2.28. The van der Waals surface area contributed by atoms with Gasteiger partial charge in [-0.15, -0.1) is 0 Å². The molecule has 3 atom stereocenters. The molecule has 0 aliphatic heterocycles. The van der Waals surface area contributed by atoms with Crippen LogP contribution < -0.4 is 0 Å². The van der Waals surface area contributed by atoms with Crippen LogP contribution in [0.5, 0.6) is 0 Å². The van der Waals surface area contributed by atoms with Crippen molar-refractivity contribution in [2.24, 2.45) is 22.7 Å². The Kier molecular flexibility index (Phi) is 16.9. The topological polar surface area (TPSA) is 148 Å². The van der Waals surface area contributed by atoms with Crippen LogP contribution in [0.4, 0.5) is 0 Å². The highest BCUT2D eigenvalue weighted by atomic mass is 16.5. The molecule has 0 spiro atoms. The third-order valence-electron chi connectivity index (χ3n) is 6.80. The van der Waals surface area contributed by atoms with Crippen molar-refractivity contribution in [1.82, 2.24) is 0 Å². The van der Waals surface area contributed by atoms with Gasteiger partial charge < -0.3 is 35.4 Å². The van der Waals surface area contributed by atoms with Gasteiger partial charge >= 0.3 is 5.97 Å². The molecule has 202 valence electrons. The first-order chi connectivity index (χ1) is 16.0. The van der Waals surface area contributed by atoms with E-state index in [0.29, 0.717) is 12.3 Å². The molecule has 0 aliphatic carbocycles. The lowest BCUT2D eigenvalue weighted by molar-refractivity contribution is -0.172. The van der Waals surface area contributed by atoms with Gasteiger partial charge in [-0.2, -0.15) is 0 Å². The molecule has 0 aliphatic rings. The van der Waals surface area contributed by atoms with Crippen molar-refractivity contribution < 1.29 is 40.2 Å². The highest BCUT2D eigenvalue weighted by Gasteiger charge is 2.46. The van der Waals surface area contributed by atoms with Gasteiger partial charge in [-0.05, 0) is 44.4 Å². The fourth-order valence-electron chi connectivity index (χ4n) is 3.87. The number of ether oxygens (including phenoxy) is 1. The molecule has 0 amide bonds. The molecule has 8 nitrogen and oxygen atoms in total. The maximum atomic E-state index is 11.9. The van der Waals surface area contributed by atoms with E-state index in [9.17, 15) is 35.4 Å². The molecule has 0 saturated heterocycles. The van der Waals surface area contributed by atoms with Crippen molar-refractivity contribution in [3.05, 3.63) is 11.6 Å². The van der Waals surface area contributed by atoms with E-state index in [2.05, 4.69) is 20.8 Å². The monoisotopic (exact) mass is 490 g/mol. The summed E-state index contributed by atoms with van der Waals surface area (Å²) < 4.78 is 5.36. The Balaban J connectivity index is 4.68. The Morgan fingerprint density at radius 3 is 1.97 bits per heavy atom. The van der Waals surface area contributed by atoms with E-state index in [1.165, 1.54) is 31.3 Å². The van der Waals surface area contributed by atoms with Crippen LogP contribution in [-0.2, 0) is 9.53 Å². The van der Waals surface area contributed by atoms with E-state index in [-0.39, 0.29) is 13.0 Å². The van der Waals surface area contributed by atoms with E-state index in [1.54, 1.807) is 0 Å². The van der Waals surface area contributed by atoms with Crippen LogP contribution in [0, 0.1) is 22.7 Å². The van der Waals surface area contributed by atoms with E-state index < -0.39 is 55.9 Å². The summed E-state index contributed by atoms with van der Waals surface area (Å²) in [6, 6.07) is 0. The maximum Gasteiger partial charge on any atom is 0.317 e. The summed E-state index contributed by atoms with van der Waals surface area (Å²) in [5.41, 5.74) is -2.06. The average Bonchev–Trinajstić information content (AvgIpc) is 2.79. The molecule has 0 bridgehead atoms. The second-order valence-corrected chi connectivity index (χ2v) is 10.6. The zero-order chi connectivity index (χ0) is 26.2. The van der Waals surface area contributed by atoms with Crippen molar-refractivity contribution in [3.8, 4) is 0 Å². The minimum Gasteiger partial charge on any atom is -0.481 e. The third-order valence-corrected chi connectivity index (χ3v) is 6.80. The number of allylic oxidation sites excluding steroid dienone is 2. The van der Waals surface area contributed by atoms with Gasteiger partial charge in [0.1, 0.15) is 5.41 Å². The second kappa shape index (κ2) is 17.4. The highest BCUT2D eigenvalue weighted by molar-refractivity contribution is 5.75. The molecule has 8 heteroatoms. The molecule has 0 radical (unpaired) electrons. The molecule has 0 aromatic carbocycles. The number of carboxylic acids is 1. The van der Waals surface area contributed by atoms with Gasteiger partial charge in [-0.3, -0.25) is 4.79 Å². The molecular formula is C26H50O8. The summed E-state index contributed by atoms with van der Waals surface area (Å²) in [6.45, 7) is 5.52. The Labute approximate surface area is 205 Å². The SMILES string of the molecule is CC(=CCCC(O)C(CO)(COCC(CO)(CO)CO)C(=O)O)CCCC(C)CCCC(C)C. The van der Waals surface area contributed by atoms with Gasteiger partial charge in [0.05, 0.1) is 51.2 Å². The first-order valence-corrected chi connectivity index (χ1v) is 12.6. The molecule has 34 heavy (non-hydrogen) atoms. The molecular weight excluding hydrogens is 440 g/mol. The van der Waals surface area contributed by atoms with Crippen molar-refractivity contribution in [2.75, 3.05) is 39.6 Å². The molecule has 0 rings (SSSR count). The number of aliphatic hydroxyl groups excluding tert-OH is 5. The lowest BCUT2D eigenvalue weighted by Crippen LogP contribution is -2.50. The van der Waals surface area contributed by atoms with Crippen LogP contribution in [0.1, 0.15) is 79.1 Å². The Hall–Kier alpha value is -1.03. The number of hydrogen-bond acceptors (Lipinski definition) is 7. The summed E-state index contributed by atoms with van der Waals surface area (Å²) in [5.74, 6) is 0.0627. The number of carbonyl (C=O) groups is 1. The fourth-order valence-corrected chi connectivity index (χ4v) is 3.87. The fraction of sp³-hybridized carbons (Fsp3) is 0.885. The third kappa shape index (κ3) is 11.6. The molecule has 0 fully saturated rings. The number of carboxylic acid groups (broad SMARTS) is 1. The summed E-state index contributed by atoms with van der Waals surface area (Å²) >= 11 is 0. The zero-order valence-corrected chi connectivity index (χ0v) is 21.7. The smallest absolute Gasteiger partial charge is 0.317 e. The maximum absolute atomic E-state index is 11.9. The molecule has 0 aromatic rings. The van der Waals surface area contributed by atoms with Crippen LogP contribution in [0.2, 0.25) is 0 Å². The van der Waals surface area contributed by atoms with Gasteiger partial charge in [-0.25, -0.2) is 0 Å². The van der Waals surface area contributed by atoms with E-state index in [0.717, 1.165) is 18.8 Å². The molecule has 0 saturated carbocycles. The summed E-state index contributed by atoms with van der Waals surface area (Å²) in [4.78, 5) is 11.9. The van der Waals surface area contributed by atoms with Gasteiger partial charge in [0.2, 0.25) is 0 Å². The van der Waals surface area contributed by atoms with Crippen LogP contribution in [-0.4, -0.2) is 82.4 Å². The Bertz CT molecular complexity index is 565. The number of rotatable bonds is 21. The standard InChI is InChI=1S/C26H50O8/c1-20(2)8-5-9-21(3)10-6-11-22(4)12-7-13-23(31)26(17-30,24(32)33)19-34-18-25(14-27,15-28)16-29/h12,20-21,23,27-31H,5-11,13-19H2,1-4H3,(H,32,33). The summed E-state index contributed by atoms with van der Waals surface area (Å²) in [5, 5.41) is 58.3. The van der Waals surface area contributed by atoms with Gasteiger partial charge in [0.25, 0.3) is 0 Å². The lowest BCUT2D eigenvalue weighted by Gasteiger charge is -2.34. The van der Waals surface area contributed by atoms with Crippen LogP contribution in [0.25, 0.3) is 0 Å². The van der Waals surface area contributed by atoms with E-state index in [4.69, 9.17) is 4.74 Å². The largest absolute Gasteiger partial charge is 0.481 e. The lowest BCUT2D eigenvalue weighted by atomic mass is 9.81. The van der Waals surface area contributed by atoms with Crippen molar-refractivity contribution >= 4 is 5.97 Å². The predicted molar refractivity (Wildman–Crippen MR) is 132 cm³/mol. The van der Waals surface area contributed by atoms with E-state index >= 15 is 0 Å². The number of aliphatic hydroxyl groups is 5. The van der Waals surface area contributed by atoms with Crippen molar-refractivity contribution in [1.29, 1.82) is 0 Å². The van der Waals surface area contributed by atoms with E-state index in [1.807, 2.05) is 13.0 Å². The average molecular weight is 491 g/mol. The molecule has 3 unspecified atom stereocenters. The van der Waals surface area contributed by atoms with Gasteiger partial charge in [0, 0.05) is 0 Å². The van der Waals surface area contributed by atoms with Crippen molar-refractivity contribution in [2.45, 2.75) is 85.2 Å². The Morgan fingerprint density at radius 1 is 0.882 bits per heavy atom. The van der Waals surface area contributed by atoms with Crippen LogP contribution in [0.3, 0.4) is 0 Å². The van der Waals surface area contributed by atoms with Crippen LogP contribution >= 0.6 is 0 Å². The summed E-state index contributed by atoms with van der Waals surface area (Å²) in [7, 11) is 0. The quantitative estimate of drug-likeness (QED) is 0.135. The first kappa shape index (κ1) is 33.0. The predicted octanol–water partition coefficient (Wildman–Crippen LogP) is 2.75. The van der Waals surface area contributed by atoms with Crippen LogP contribution in [0.15, 0.2) is 11.6 Å². The number of aliphatic carboxylic acids is 1. The Morgan fingerprint density at radius 2 is 1.47 bits per heavy atom. The molecule has 0 heterocycles. The minimum atomic E-state index is -1.93. The zero-order valence-electron chi connectivity index (χ0n) is 21.7. The number of hydrogen-bond donors (Lipinski definition) is 6. The molecule has 6 N–H and O–H groups in total. The minimum absolute atomic E-state index is 0.143. The van der Waals surface area contributed by atoms with Crippen molar-refractivity contribution in [3.63, 3.8) is 0 Å². The normalized spacial score (nSPS) is 16.5. The summed E-state index contributed by atoms with van der Waals surface area (Å²) in [6.07, 6.45) is 8.29. The molecule has 0 aromatic heterocycles. The first-order valence-electron chi connectivity index (χ1n) is 12.6. The van der Waals surface area contributed by atoms with Gasteiger partial charge in [0.15, 0.2) is 0 Å². The second-order valence-electron chi connectivity index (χ2n) is 10.6. The van der Waals surface area contributed by atoms with Gasteiger partial charge in [-0.1, -0.05) is 58.1 Å².